The van der Waals surface area contributed by atoms with Gasteiger partial charge in [-0.25, -0.2) is 9.97 Å². The van der Waals surface area contributed by atoms with Crippen molar-refractivity contribution < 1.29 is 9.32 Å². The van der Waals surface area contributed by atoms with E-state index in [0.717, 1.165) is 25.0 Å². The van der Waals surface area contributed by atoms with E-state index >= 15 is 0 Å². The van der Waals surface area contributed by atoms with Crippen molar-refractivity contribution in [3.63, 3.8) is 0 Å². The number of aromatic nitrogens is 4. The quantitative estimate of drug-likeness (QED) is 0.843. The predicted octanol–water partition coefficient (Wildman–Crippen LogP) is 2.50. The number of hydrogen-bond donors (Lipinski definition) is 1. The van der Waals surface area contributed by atoms with Crippen molar-refractivity contribution in [2.45, 2.75) is 53.0 Å². The van der Waals surface area contributed by atoms with Gasteiger partial charge in [-0.15, -0.1) is 0 Å². The number of aryl methyl sites for hydroxylation is 1. The first-order valence-electron chi connectivity index (χ1n) is 7.93. The van der Waals surface area contributed by atoms with Gasteiger partial charge in [0.05, 0.1) is 11.3 Å². The Morgan fingerprint density at radius 3 is 2.83 bits per heavy atom. The third-order valence-corrected chi connectivity index (χ3v) is 3.32. The summed E-state index contributed by atoms with van der Waals surface area (Å²) in [6, 6.07) is -0.370. The van der Waals surface area contributed by atoms with Crippen molar-refractivity contribution in [3.05, 3.63) is 35.5 Å². The van der Waals surface area contributed by atoms with Crippen molar-refractivity contribution in [1.29, 1.82) is 0 Å². The first kappa shape index (κ1) is 17.1. The number of nitrogens with zero attached hydrogens (tertiary/aromatic N) is 4. The highest BCUT2D eigenvalue weighted by molar-refractivity contribution is 5.95. The van der Waals surface area contributed by atoms with Gasteiger partial charge < -0.3 is 9.84 Å². The molecule has 0 radical (unpaired) electrons. The van der Waals surface area contributed by atoms with Crippen molar-refractivity contribution in [1.82, 2.24) is 25.4 Å². The number of carbonyl (C=O) groups excluding carboxylic acids is 1. The summed E-state index contributed by atoms with van der Waals surface area (Å²) in [5.74, 6) is 1.28. The second kappa shape index (κ2) is 7.80. The molecular formula is C16H23N5O2. The minimum absolute atomic E-state index is 0.231. The molecule has 23 heavy (non-hydrogen) atoms. The van der Waals surface area contributed by atoms with Gasteiger partial charge in [0.15, 0.2) is 5.82 Å². The molecule has 0 unspecified atom stereocenters. The molecule has 0 saturated carbocycles. The van der Waals surface area contributed by atoms with Crippen LogP contribution in [0.15, 0.2) is 17.0 Å². The highest BCUT2D eigenvalue weighted by Crippen LogP contribution is 2.14. The lowest BCUT2D eigenvalue weighted by Gasteiger charge is -2.11. The summed E-state index contributed by atoms with van der Waals surface area (Å²) in [5.41, 5.74) is 1.24. The molecule has 1 atom stereocenters. The van der Waals surface area contributed by atoms with Crippen molar-refractivity contribution >= 4 is 5.91 Å². The number of nitrogens with one attached hydrogen (secondary N) is 1. The van der Waals surface area contributed by atoms with Crippen LogP contribution in [-0.4, -0.2) is 26.0 Å². The highest BCUT2D eigenvalue weighted by atomic mass is 16.5. The minimum atomic E-state index is -0.370. The Morgan fingerprint density at radius 2 is 2.13 bits per heavy atom. The van der Waals surface area contributed by atoms with E-state index in [4.69, 9.17) is 4.52 Å². The molecule has 0 aromatic carbocycles. The first-order chi connectivity index (χ1) is 11.0. The molecule has 0 fully saturated rings. The molecule has 0 bridgehead atoms. The Kier molecular flexibility index (Phi) is 5.78. The van der Waals surface area contributed by atoms with Crippen LogP contribution in [0.4, 0.5) is 0 Å². The fourth-order valence-corrected chi connectivity index (χ4v) is 2.21. The molecule has 2 rings (SSSR count). The first-order valence-corrected chi connectivity index (χ1v) is 7.93. The zero-order valence-electron chi connectivity index (χ0n) is 14.0. The smallest absolute Gasteiger partial charge is 0.255 e. The molecule has 1 amide bonds. The third-order valence-electron chi connectivity index (χ3n) is 3.32. The Labute approximate surface area is 135 Å². The summed E-state index contributed by atoms with van der Waals surface area (Å²) in [6.07, 6.45) is 5.39. The SMILES string of the molecule is CCCc1ncncc1C(=O)N[C@@H](C)c1nc(CC(C)C)no1. The van der Waals surface area contributed by atoms with E-state index in [0.29, 0.717) is 23.2 Å². The maximum absolute atomic E-state index is 12.4. The molecule has 7 heteroatoms. The third kappa shape index (κ3) is 4.58. The second-order valence-corrected chi connectivity index (χ2v) is 5.98. The van der Waals surface area contributed by atoms with Gasteiger partial charge in [-0.2, -0.15) is 4.98 Å². The lowest BCUT2D eigenvalue weighted by Crippen LogP contribution is -2.28. The zero-order valence-corrected chi connectivity index (χ0v) is 14.0. The van der Waals surface area contributed by atoms with E-state index in [2.05, 4.69) is 39.3 Å². The molecule has 0 aliphatic carbocycles. The summed E-state index contributed by atoms with van der Waals surface area (Å²) in [6.45, 7) is 8.03. The average Bonchev–Trinajstić information content (AvgIpc) is 2.96. The van der Waals surface area contributed by atoms with Crippen molar-refractivity contribution in [3.8, 4) is 0 Å². The molecule has 0 saturated heterocycles. The number of hydrogen-bond acceptors (Lipinski definition) is 6. The molecule has 7 nitrogen and oxygen atoms in total. The molecule has 0 spiro atoms. The van der Waals surface area contributed by atoms with Crippen molar-refractivity contribution in [2.24, 2.45) is 5.92 Å². The summed E-state index contributed by atoms with van der Waals surface area (Å²) in [5, 5.41) is 6.81. The molecule has 0 aliphatic rings. The van der Waals surface area contributed by atoms with Gasteiger partial charge in [0, 0.05) is 12.6 Å². The Morgan fingerprint density at radius 1 is 1.35 bits per heavy atom. The summed E-state index contributed by atoms with van der Waals surface area (Å²) < 4.78 is 5.23. The largest absolute Gasteiger partial charge is 0.340 e. The molecule has 1 N–H and O–H groups in total. The number of carbonyl (C=O) groups is 1. The van der Waals surface area contributed by atoms with E-state index in [-0.39, 0.29) is 11.9 Å². The highest BCUT2D eigenvalue weighted by Gasteiger charge is 2.20. The fraction of sp³-hybridized carbons (Fsp3) is 0.562. The van der Waals surface area contributed by atoms with Crippen molar-refractivity contribution in [2.75, 3.05) is 0 Å². The van der Waals surface area contributed by atoms with Gasteiger partial charge in [-0.3, -0.25) is 4.79 Å². The van der Waals surface area contributed by atoms with E-state index < -0.39 is 0 Å². The maximum Gasteiger partial charge on any atom is 0.255 e. The van der Waals surface area contributed by atoms with Crippen LogP contribution >= 0.6 is 0 Å². The molecular weight excluding hydrogens is 294 g/mol. The van der Waals surface area contributed by atoms with Crippen LogP contribution in [-0.2, 0) is 12.8 Å². The Bertz CT molecular complexity index is 653. The van der Waals surface area contributed by atoms with Crippen LogP contribution < -0.4 is 5.32 Å². The van der Waals surface area contributed by atoms with Crippen LogP contribution in [0.5, 0.6) is 0 Å². The van der Waals surface area contributed by atoms with Gasteiger partial charge in [0.2, 0.25) is 5.89 Å². The van der Waals surface area contributed by atoms with Gasteiger partial charge >= 0.3 is 0 Å². The predicted molar refractivity (Wildman–Crippen MR) is 84.7 cm³/mol. The van der Waals surface area contributed by atoms with E-state index in [1.807, 2.05) is 13.8 Å². The monoisotopic (exact) mass is 317 g/mol. The molecule has 2 aromatic rings. The van der Waals surface area contributed by atoms with Gasteiger partial charge in [0.25, 0.3) is 5.91 Å². The minimum Gasteiger partial charge on any atom is -0.340 e. The average molecular weight is 317 g/mol. The summed E-state index contributed by atoms with van der Waals surface area (Å²) in [7, 11) is 0. The Balaban J connectivity index is 2.06. The van der Waals surface area contributed by atoms with Crippen LogP contribution in [0.1, 0.15) is 67.9 Å². The molecule has 0 aliphatic heterocycles. The fourth-order valence-electron chi connectivity index (χ4n) is 2.21. The lowest BCUT2D eigenvalue weighted by molar-refractivity contribution is 0.0930. The summed E-state index contributed by atoms with van der Waals surface area (Å²) in [4.78, 5) is 24.9. The van der Waals surface area contributed by atoms with Crippen LogP contribution in [0.25, 0.3) is 0 Å². The standard InChI is InChI=1S/C16H23N5O2/c1-5-6-13-12(8-17-9-18-13)15(22)19-11(4)16-20-14(21-23-16)7-10(2)3/h8-11H,5-7H2,1-4H3,(H,19,22)/t11-/m0/s1. The van der Waals surface area contributed by atoms with E-state index in [1.54, 1.807) is 0 Å². The summed E-state index contributed by atoms with van der Waals surface area (Å²) >= 11 is 0. The number of amides is 1. The van der Waals surface area contributed by atoms with Gasteiger partial charge in [-0.1, -0.05) is 32.3 Å². The van der Waals surface area contributed by atoms with E-state index in [9.17, 15) is 4.79 Å². The van der Waals surface area contributed by atoms with Gasteiger partial charge in [0.1, 0.15) is 12.4 Å². The molecule has 2 aromatic heterocycles. The van der Waals surface area contributed by atoms with E-state index in [1.165, 1.54) is 12.5 Å². The topological polar surface area (TPSA) is 93.8 Å². The zero-order chi connectivity index (χ0) is 16.8. The van der Waals surface area contributed by atoms with Crippen LogP contribution in [0, 0.1) is 5.92 Å². The Hall–Kier alpha value is -2.31. The lowest BCUT2D eigenvalue weighted by atomic mass is 10.1. The van der Waals surface area contributed by atoms with Gasteiger partial charge in [-0.05, 0) is 19.3 Å². The number of rotatable bonds is 7. The normalized spacial score (nSPS) is 12.4. The molecule has 124 valence electrons. The van der Waals surface area contributed by atoms with Crippen LogP contribution in [0.3, 0.4) is 0 Å². The second-order valence-electron chi connectivity index (χ2n) is 5.98. The maximum atomic E-state index is 12.4. The van der Waals surface area contributed by atoms with Crippen LogP contribution in [0.2, 0.25) is 0 Å². The molecule has 2 heterocycles.